The number of carboxylic acids is 1. The summed E-state index contributed by atoms with van der Waals surface area (Å²) in [4.78, 5) is 69.9. The fraction of sp³-hybridized carbons (Fsp3) is 0.392. The molecule has 0 bridgehead atoms. The number of hydrogen-bond acceptors (Lipinski definition) is 20. The van der Waals surface area contributed by atoms with Crippen LogP contribution in [0.2, 0.25) is 15.1 Å². The van der Waals surface area contributed by atoms with Crippen molar-refractivity contribution in [1.82, 2.24) is 45.0 Å². The molecule has 6 unspecified atom stereocenters. The number of rotatable bonds is 20. The van der Waals surface area contributed by atoms with Crippen LogP contribution < -0.4 is 21.3 Å². The van der Waals surface area contributed by atoms with E-state index in [0.717, 1.165) is 14.6 Å². The van der Waals surface area contributed by atoms with Gasteiger partial charge in [0.1, 0.15) is 52.4 Å². The number of nitrogens with zero attached hydrogens (tertiary/aromatic N) is 8. The van der Waals surface area contributed by atoms with Crippen molar-refractivity contribution < 1.29 is 63.5 Å². The van der Waals surface area contributed by atoms with Crippen molar-refractivity contribution >= 4 is 135 Å². The van der Waals surface area contributed by atoms with Gasteiger partial charge in [-0.1, -0.05) is 87.1 Å². The summed E-state index contributed by atoms with van der Waals surface area (Å²) < 4.78 is 146. The van der Waals surface area contributed by atoms with Gasteiger partial charge in [-0.25, -0.2) is 56.2 Å². The lowest BCUT2D eigenvalue weighted by Crippen LogP contribution is -2.50. The molecule has 9 heterocycles. The van der Waals surface area contributed by atoms with E-state index in [1.807, 2.05) is 27.7 Å². The number of anilines is 6. The summed E-state index contributed by atoms with van der Waals surface area (Å²) in [7, 11) is 2.65. The Kier molecular flexibility index (Phi) is 25.7. The van der Waals surface area contributed by atoms with E-state index >= 15 is 0 Å². The Bertz CT molecular complexity index is 4820. The zero-order valence-electron chi connectivity index (χ0n) is 64.2. The van der Waals surface area contributed by atoms with Crippen molar-refractivity contribution in [3.05, 3.63) is 208 Å². The number of thiazole rings is 3. The van der Waals surface area contributed by atoms with Gasteiger partial charge < -0.3 is 35.8 Å². The molecule has 3 fully saturated rings. The molecule has 3 saturated heterocycles. The molecule has 6 aromatic heterocycles. The Labute approximate surface area is 649 Å². The number of ether oxygens (including phenoxy) is 2. The first-order valence-corrected chi connectivity index (χ1v) is 37.4. The number of methoxy groups -OCH3 is 2. The standard InChI is InChI=1S/C25H27ClF2N4O2S.C24H25ClF2N4O2S.C18H23FN4O2S.C7H5BrClF/c1-15-11-25(23(33)34-3,9-10-32(15)14-17-5-4-6-18(26)22(17)28)12-20-19(27)7-8-21(30-20)31-24-29-13-16(2)35-24;1-14-10-24(22(32)33,8-9-31(14)13-16-4-3-5-17(25)21(16)27)11-19-18(26)6-7-20(29-19)30-23-28-12-15(2)34-23;1-11-8-18(6-7-20-11,16(24)25-3)9-14-13(19)4-5-15(22-14)23-17-21-10-12(2)26-17;8-4-5-2-1-3-6(9)7(5)10/h4-8,13,15H,9-12,14H2,1-3H3,(H,29,30,31);3-7,12,14H,8-11,13H2,1-2H3,(H,32,33)(H,28,29,30);4-5,10-11,20H,6-9H2,1-3H3,(H,21,22,23);1-3H,4H2/i14D2;13D2;;4D2. The Morgan fingerprint density at radius 2 is 0.914 bits per heavy atom. The summed E-state index contributed by atoms with van der Waals surface area (Å²) in [6.07, 6.45) is 6.72. The summed E-state index contributed by atoms with van der Waals surface area (Å²) in [5.74, 6) is -4.68. The molecule has 0 saturated carbocycles. The van der Waals surface area contributed by atoms with Gasteiger partial charge >= 0.3 is 17.9 Å². The number of halogens is 10. The maximum atomic E-state index is 14.9. The third kappa shape index (κ3) is 21.3. The number of piperidine rings is 3. The first kappa shape index (κ1) is 73.1. The Morgan fingerprint density at radius 3 is 1.25 bits per heavy atom. The largest absolute Gasteiger partial charge is 0.481 e. The normalized spacial score (nSPS) is 21.5. The number of pyridine rings is 3. The Balaban J connectivity index is 0.000000180. The maximum absolute atomic E-state index is 14.9. The third-order valence-electron chi connectivity index (χ3n) is 17.9. The molecule has 560 valence electrons. The number of aromatic nitrogens is 6. The van der Waals surface area contributed by atoms with Crippen LogP contribution in [-0.4, -0.2) is 115 Å². The number of aliphatic carboxylic acids is 1. The highest BCUT2D eigenvalue weighted by atomic mass is 79.9. The average Bonchev–Trinajstić information content (AvgIpc) is 1.27. The van der Waals surface area contributed by atoms with E-state index in [1.165, 1.54) is 143 Å². The molecule has 9 aromatic rings. The molecule has 3 aromatic carbocycles. The number of nitrogens with one attached hydrogen (secondary N) is 4. The minimum atomic E-state index is -2.22. The van der Waals surface area contributed by atoms with E-state index in [9.17, 15) is 45.8 Å². The monoisotopic (exact) mass is 1630 g/mol. The van der Waals surface area contributed by atoms with Gasteiger partial charge in [-0.15, -0.1) is 34.0 Å². The lowest BCUT2D eigenvalue weighted by Gasteiger charge is -2.44. The zero-order chi connectivity index (χ0) is 81.3. The highest BCUT2D eigenvalue weighted by Gasteiger charge is 2.48. The minimum Gasteiger partial charge on any atom is -0.481 e. The minimum absolute atomic E-state index is 0.000207. The van der Waals surface area contributed by atoms with Crippen LogP contribution in [0.5, 0.6) is 0 Å². The fourth-order valence-corrected chi connectivity index (χ4v) is 15.5. The number of carbonyl (C=O) groups is 3. The van der Waals surface area contributed by atoms with Gasteiger partial charge in [0, 0.05) is 108 Å². The van der Waals surface area contributed by atoms with Gasteiger partial charge in [-0.05, 0) is 160 Å². The van der Waals surface area contributed by atoms with Crippen molar-refractivity contribution in [3.8, 4) is 0 Å². The second-order valence-corrected chi connectivity index (χ2v) is 31.0. The first-order chi connectivity index (χ1) is 52.2. The molecule has 3 aliphatic heterocycles. The molecule has 0 radical (unpaired) electrons. The van der Waals surface area contributed by atoms with Crippen LogP contribution in [0.3, 0.4) is 0 Å². The van der Waals surface area contributed by atoms with Gasteiger partial charge in [0.15, 0.2) is 15.4 Å². The summed E-state index contributed by atoms with van der Waals surface area (Å²) in [5, 5.41) is 22.3. The number of hydrogen-bond donors (Lipinski definition) is 5. The molecule has 105 heavy (non-hydrogen) atoms. The van der Waals surface area contributed by atoms with E-state index in [0.29, 0.717) is 52.2 Å². The van der Waals surface area contributed by atoms with Crippen LogP contribution in [0.4, 0.5) is 59.2 Å². The van der Waals surface area contributed by atoms with E-state index < -0.39 is 93.4 Å². The summed E-state index contributed by atoms with van der Waals surface area (Å²) >= 11 is 24.3. The van der Waals surface area contributed by atoms with Crippen molar-refractivity contribution in [1.29, 1.82) is 0 Å². The summed E-state index contributed by atoms with van der Waals surface area (Å²) in [6.45, 7) is 7.64. The molecule has 18 nitrogen and oxygen atoms in total. The van der Waals surface area contributed by atoms with Crippen molar-refractivity contribution in [2.45, 2.75) is 136 Å². The predicted octanol–water partition coefficient (Wildman–Crippen LogP) is 18.3. The lowest BCUT2D eigenvalue weighted by molar-refractivity contribution is -0.157. The molecule has 0 amide bonds. The topological polar surface area (TPSA) is 222 Å². The van der Waals surface area contributed by atoms with Gasteiger partial charge in [0.05, 0.1) is 62.6 Å². The zero-order valence-corrected chi connectivity index (χ0v) is 64.5. The quantitative estimate of drug-likeness (QED) is 0.0272. The van der Waals surface area contributed by atoms with Crippen LogP contribution in [0.15, 0.2) is 110 Å². The van der Waals surface area contributed by atoms with Gasteiger partial charge in [0.25, 0.3) is 0 Å². The SMILES string of the molecule is COC(=O)C1(Cc2nc(Nc3ncc(C)s3)ccc2F)CCNC(C)C1.[2H]C([2H])(Br)c1cccc(Cl)c1F.[2H]C([2H])(c1cccc(Cl)c1F)N1CCC(Cc2nc(Nc3ncc(C)s3)ccc2F)(C(=O)O)CC1C.[2H]C([2H])(c1cccc(Cl)c1F)N1CCC(Cc2nc(Nc3ncc(C)s3)ccc2F)(C(=O)OC)CC1C. The van der Waals surface area contributed by atoms with E-state index in [4.69, 9.17) is 52.5 Å². The van der Waals surface area contributed by atoms with E-state index in [2.05, 4.69) is 67.1 Å². The Hall–Kier alpha value is -7.38. The van der Waals surface area contributed by atoms with E-state index in [1.54, 1.807) is 38.5 Å². The maximum Gasteiger partial charge on any atom is 0.312 e. The van der Waals surface area contributed by atoms with Crippen molar-refractivity contribution in [3.63, 3.8) is 0 Å². The molecule has 3 aliphatic rings. The number of carboxylic acid groups (broad SMARTS) is 1. The predicted molar refractivity (Wildman–Crippen MR) is 405 cm³/mol. The van der Waals surface area contributed by atoms with Gasteiger partial charge in [-0.3, -0.25) is 24.2 Å². The number of carbonyl (C=O) groups excluding carboxylic acids is 2. The number of esters is 2. The first-order valence-electron chi connectivity index (χ1n) is 36.0. The van der Waals surface area contributed by atoms with Gasteiger partial charge in [0.2, 0.25) is 0 Å². The number of benzene rings is 3. The molecule has 31 heteroatoms. The van der Waals surface area contributed by atoms with Crippen molar-refractivity contribution in [2.75, 3.05) is 49.8 Å². The summed E-state index contributed by atoms with van der Waals surface area (Å²) in [5.41, 5.74) is -3.40. The highest BCUT2D eigenvalue weighted by molar-refractivity contribution is 9.08. The second-order valence-electron chi connectivity index (χ2n) is 25.7. The van der Waals surface area contributed by atoms with E-state index in [-0.39, 0.29) is 119 Å². The van der Waals surface area contributed by atoms with Crippen molar-refractivity contribution in [2.24, 2.45) is 16.2 Å². The van der Waals surface area contributed by atoms with Gasteiger partial charge in [-0.2, -0.15) is 0 Å². The molecule has 6 atom stereocenters. The van der Waals surface area contributed by atoms with Crippen LogP contribution in [0.1, 0.15) is 116 Å². The lowest BCUT2D eigenvalue weighted by atomic mass is 9.72. The van der Waals surface area contributed by atoms with Crippen LogP contribution in [0, 0.1) is 71.9 Å². The second kappa shape index (κ2) is 37.0. The average molecular weight is 1640 g/mol. The van der Waals surface area contributed by atoms with Crippen LogP contribution >= 0.6 is 84.7 Å². The third-order valence-corrected chi connectivity index (χ3v) is 21.7. The molecular weight excluding hydrogens is 1550 g/mol. The van der Waals surface area contributed by atoms with Crippen LogP contribution in [-0.2, 0) is 61.4 Å². The molecular formula is C74H80BrCl3F6N12O6S3. The fourth-order valence-electron chi connectivity index (χ4n) is 12.6. The summed E-state index contributed by atoms with van der Waals surface area (Å²) in [6, 6.07) is 20.1. The molecule has 12 rings (SSSR count). The highest BCUT2D eigenvalue weighted by Crippen LogP contribution is 2.43. The number of aryl methyl sites for hydroxylation is 3. The number of alkyl halides is 1. The number of likely N-dealkylation sites (tertiary alicyclic amines) is 2. The van der Waals surface area contributed by atoms with Crippen LogP contribution in [0.25, 0.3) is 0 Å². The molecule has 0 aliphatic carbocycles. The molecule has 0 spiro atoms. The smallest absolute Gasteiger partial charge is 0.312 e. The molecule has 5 N–H and O–H groups in total. The Morgan fingerprint density at radius 1 is 0.562 bits per heavy atom.